The summed E-state index contributed by atoms with van der Waals surface area (Å²) < 4.78 is 5.03. The van der Waals surface area contributed by atoms with Crippen molar-refractivity contribution in [2.75, 3.05) is 0 Å². The molecule has 0 bridgehead atoms. The van der Waals surface area contributed by atoms with Crippen molar-refractivity contribution < 1.29 is 14.0 Å². The lowest BCUT2D eigenvalue weighted by atomic mass is 10.2. The van der Waals surface area contributed by atoms with E-state index in [1.165, 1.54) is 6.08 Å². The van der Waals surface area contributed by atoms with Gasteiger partial charge in [-0.2, -0.15) is 0 Å². The molecule has 0 aliphatic rings. The van der Waals surface area contributed by atoms with Gasteiger partial charge in [-0.1, -0.05) is 48.6 Å². The Morgan fingerprint density at radius 3 is 2.28 bits per heavy atom. The Balaban J connectivity index is 0.000000494. The van der Waals surface area contributed by atoms with Crippen molar-refractivity contribution in [1.82, 2.24) is 0 Å². The third-order valence-corrected chi connectivity index (χ3v) is 5.68. The van der Waals surface area contributed by atoms with Crippen LogP contribution in [-0.2, 0) is 8.91 Å². The van der Waals surface area contributed by atoms with E-state index in [1.807, 2.05) is 36.4 Å². The number of hydrogen-bond donors (Lipinski definition) is 1. The minimum Gasteiger partial charge on any atom is -0.478 e. The van der Waals surface area contributed by atoms with Crippen molar-refractivity contribution in [1.29, 1.82) is 0 Å². The molecule has 1 aromatic carbocycles. The van der Waals surface area contributed by atoms with Gasteiger partial charge in [-0.15, -0.1) is 0 Å². The van der Waals surface area contributed by atoms with Crippen molar-refractivity contribution in [3.05, 3.63) is 54.1 Å². The van der Waals surface area contributed by atoms with E-state index in [0.717, 1.165) is 22.1 Å². The van der Waals surface area contributed by atoms with Gasteiger partial charge in [0.25, 0.3) is 0 Å². The van der Waals surface area contributed by atoms with Crippen LogP contribution < -0.4 is 0 Å². The summed E-state index contributed by atoms with van der Waals surface area (Å²) in [5, 5.41) is 8.29. The van der Waals surface area contributed by atoms with Gasteiger partial charge < -0.3 is 9.22 Å². The van der Waals surface area contributed by atoms with Crippen molar-refractivity contribution in [3.63, 3.8) is 0 Å². The van der Waals surface area contributed by atoms with E-state index in [2.05, 4.69) is 13.1 Å². The fraction of sp³-hybridized carbons (Fsp3) is 0.154. The van der Waals surface area contributed by atoms with Crippen LogP contribution in [0.1, 0.15) is 5.56 Å². The van der Waals surface area contributed by atoms with Gasteiger partial charge in [-0.05, 0) is 18.7 Å². The Morgan fingerprint density at radius 2 is 1.83 bits per heavy atom. The van der Waals surface area contributed by atoms with Crippen LogP contribution in [0.2, 0.25) is 13.1 Å². The Hall–Kier alpha value is -1.44. The van der Waals surface area contributed by atoms with Crippen molar-refractivity contribution in [2.45, 2.75) is 13.1 Å². The van der Waals surface area contributed by atoms with Crippen molar-refractivity contribution >= 4 is 31.6 Å². The first-order chi connectivity index (χ1) is 8.56. The molecule has 0 heterocycles. The molecule has 3 nitrogen and oxygen atoms in total. The maximum Gasteiger partial charge on any atom is 0.328 e. The number of hydrogen-bond acceptors (Lipinski definition) is 2. The minimum atomic E-state index is -0.933. The summed E-state index contributed by atoms with van der Waals surface area (Å²) in [7, 11) is 0.347. The van der Waals surface area contributed by atoms with Gasteiger partial charge in [0.15, 0.2) is 9.04 Å². The van der Waals surface area contributed by atoms with Crippen LogP contribution >= 0.6 is 0 Å². The Morgan fingerprint density at radius 1 is 1.28 bits per heavy atom. The molecule has 18 heavy (non-hydrogen) atoms. The highest BCUT2D eigenvalue weighted by molar-refractivity contribution is 6.52. The van der Waals surface area contributed by atoms with Gasteiger partial charge in [0.05, 0.1) is 0 Å². The number of aliphatic carboxylic acids is 1. The summed E-state index contributed by atoms with van der Waals surface area (Å²) in [6.45, 7) is 4.35. The maximum absolute atomic E-state index is 10.1. The molecule has 0 saturated heterocycles. The minimum absolute atomic E-state index is 0.588. The van der Waals surface area contributed by atoms with E-state index in [4.69, 9.17) is 9.22 Å². The van der Waals surface area contributed by atoms with Crippen molar-refractivity contribution in [2.24, 2.45) is 0 Å². The summed E-state index contributed by atoms with van der Waals surface area (Å²) in [5.41, 5.74) is 1.05. The fourth-order valence-corrected chi connectivity index (χ4v) is 0.869. The summed E-state index contributed by atoms with van der Waals surface area (Å²) in [6, 6.07) is 9.70. The van der Waals surface area contributed by atoms with Gasteiger partial charge in [-0.25, -0.2) is 4.79 Å². The lowest BCUT2D eigenvalue weighted by Crippen LogP contribution is -2.02. The third kappa shape index (κ3) is 11.1. The molecule has 0 aliphatic heterocycles. The first kappa shape index (κ1) is 16.6. The molecule has 0 radical (unpaired) electrons. The molecule has 0 unspecified atom stereocenters. The molecule has 0 fully saturated rings. The molecule has 0 aromatic heterocycles. The predicted molar refractivity (Wildman–Crippen MR) is 82.2 cm³/mol. The molecule has 0 aliphatic carbocycles. The van der Waals surface area contributed by atoms with E-state index in [-0.39, 0.29) is 0 Å². The number of benzene rings is 1. The molecule has 1 N–H and O–H groups in total. The average Bonchev–Trinajstić information content (AvgIpc) is 2.36. The molecule has 0 saturated carbocycles. The zero-order valence-corrected chi connectivity index (χ0v) is 14.2. The average molecular weight is 280 g/mol. The van der Waals surface area contributed by atoms with Crippen LogP contribution in [0.5, 0.6) is 0 Å². The zero-order chi connectivity index (χ0) is 13.8. The summed E-state index contributed by atoms with van der Waals surface area (Å²) >= 11 is 0. The highest BCUT2D eigenvalue weighted by atomic mass is 28.3. The van der Waals surface area contributed by atoms with Crippen LogP contribution in [0.25, 0.3) is 6.08 Å². The largest absolute Gasteiger partial charge is 0.478 e. The van der Waals surface area contributed by atoms with Gasteiger partial charge in [0, 0.05) is 6.08 Å². The lowest BCUT2D eigenvalue weighted by Gasteiger charge is -1.93. The second kappa shape index (κ2) is 10.7. The normalized spacial score (nSPS) is 10.8. The number of carbonyl (C=O) groups is 1. The number of rotatable bonds is 4. The lowest BCUT2D eigenvalue weighted by molar-refractivity contribution is -0.131. The predicted octanol–water partition coefficient (Wildman–Crippen LogP) is 1.61. The molecule has 1 aromatic rings. The molecule has 98 valence electrons. The fourth-order valence-electron chi connectivity index (χ4n) is 0.869. The van der Waals surface area contributed by atoms with Crippen LogP contribution in [-0.4, -0.2) is 30.6 Å². The molecule has 1 rings (SSSR count). The van der Waals surface area contributed by atoms with Crippen LogP contribution in [0.3, 0.4) is 0 Å². The first-order valence-electron chi connectivity index (χ1n) is 5.71. The highest BCUT2D eigenvalue weighted by Crippen LogP contribution is 2.00. The third-order valence-electron chi connectivity index (χ3n) is 1.91. The Bertz CT molecular complexity index is 386. The van der Waals surface area contributed by atoms with Gasteiger partial charge >= 0.3 is 5.97 Å². The summed E-state index contributed by atoms with van der Waals surface area (Å²) in [5.74, 6) is -0.933. The van der Waals surface area contributed by atoms with Crippen LogP contribution in [0.15, 0.2) is 48.6 Å². The zero-order valence-electron chi connectivity index (χ0n) is 11.0. The van der Waals surface area contributed by atoms with E-state index < -0.39 is 15.0 Å². The molecule has 0 atom stereocenters. The number of carboxylic acids is 1. The molecule has 5 heteroatoms. The van der Waals surface area contributed by atoms with Gasteiger partial charge in [0.2, 0.25) is 0 Å². The summed E-state index contributed by atoms with van der Waals surface area (Å²) in [6.07, 6.45) is 6.14. The second-order valence-corrected chi connectivity index (χ2v) is 7.73. The van der Waals surface area contributed by atoms with E-state index in [0.29, 0.717) is 0 Å². The number of allylic oxidation sites excluding steroid dienone is 2. The van der Waals surface area contributed by atoms with Gasteiger partial charge in [-0.3, -0.25) is 0 Å². The molecular weight excluding hydrogens is 260 g/mol. The highest BCUT2D eigenvalue weighted by Gasteiger charge is 1.83. The van der Waals surface area contributed by atoms with Crippen LogP contribution in [0.4, 0.5) is 0 Å². The smallest absolute Gasteiger partial charge is 0.328 e. The van der Waals surface area contributed by atoms with E-state index in [1.54, 1.807) is 6.08 Å². The second-order valence-electron chi connectivity index (χ2n) is 3.75. The Labute approximate surface area is 113 Å². The van der Waals surface area contributed by atoms with E-state index in [9.17, 15) is 4.79 Å². The first-order valence-corrected chi connectivity index (χ1v) is 9.31. The molecule has 0 spiro atoms. The Kier molecular flexibility index (Phi) is 9.85. The topological polar surface area (TPSA) is 46.5 Å². The monoisotopic (exact) mass is 280 g/mol. The maximum atomic E-state index is 10.1. The standard InChI is InChI=1S/C11H10O2.C2H10OSi2/c12-11(13)9-5-4-8-10-6-2-1-3-7-10;1-5(2)3-4/h1-9H,(H,12,13);5H,1-2,4H3. The molecular formula is C13H20O3Si2. The summed E-state index contributed by atoms with van der Waals surface area (Å²) in [4.78, 5) is 10.1. The quantitative estimate of drug-likeness (QED) is 0.518. The van der Waals surface area contributed by atoms with Crippen molar-refractivity contribution in [3.8, 4) is 0 Å². The van der Waals surface area contributed by atoms with E-state index >= 15 is 0 Å². The molecule has 0 amide bonds. The number of carboxylic acid groups (broad SMARTS) is 1. The SMILES string of the molecule is C[SiH](C)O[SiH3].O=C(O)C=CC=Cc1ccccc1. The van der Waals surface area contributed by atoms with Crippen LogP contribution in [0, 0.1) is 0 Å². The van der Waals surface area contributed by atoms with Gasteiger partial charge in [0.1, 0.15) is 10.5 Å².